The molecule has 0 unspecified atom stereocenters. The molecule has 22 heavy (non-hydrogen) atoms. The Bertz CT molecular complexity index is 720. The molecule has 4 nitrogen and oxygen atoms in total. The lowest BCUT2D eigenvalue weighted by Gasteiger charge is -2.08. The van der Waals surface area contributed by atoms with E-state index >= 15 is 0 Å². The molecule has 0 radical (unpaired) electrons. The fourth-order valence-electron chi connectivity index (χ4n) is 1.71. The first-order valence-electron chi connectivity index (χ1n) is 6.24. The average Bonchev–Trinajstić information content (AvgIpc) is 2.48. The zero-order chi connectivity index (χ0) is 16.1. The van der Waals surface area contributed by atoms with Crippen LogP contribution < -0.4 is 10.9 Å². The molecule has 0 aliphatic rings. The Hall–Kier alpha value is -1.75. The van der Waals surface area contributed by atoms with Crippen LogP contribution in [0.15, 0.2) is 42.5 Å². The fourth-order valence-corrected chi connectivity index (χ4v) is 2.22. The van der Waals surface area contributed by atoms with Crippen LogP contribution in [0, 0.1) is 0 Å². The van der Waals surface area contributed by atoms with Gasteiger partial charge in [0.2, 0.25) is 5.91 Å². The lowest BCUT2D eigenvalue weighted by molar-refractivity contribution is -0.121. The van der Waals surface area contributed by atoms with Gasteiger partial charge in [-0.15, -0.1) is 0 Å². The molecule has 0 fully saturated rings. The molecular weight excluding hydrogens is 347 g/mol. The van der Waals surface area contributed by atoms with E-state index in [2.05, 4.69) is 10.9 Å². The zero-order valence-corrected chi connectivity index (χ0v) is 13.5. The summed E-state index contributed by atoms with van der Waals surface area (Å²) in [4.78, 5) is 23.6. The van der Waals surface area contributed by atoms with Gasteiger partial charge in [-0.3, -0.25) is 20.4 Å². The summed E-state index contributed by atoms with van der Waals surface area (Å²) in [7, 11) is 0. The lowest BCUT2D eigenvalue weighted by atomic mass is 10.1. The second kappa shape index (κ2) is 7.49. The van der Waals surface area contributed by atoms with Crippen LogP contribution in [0.2, 0.25) is 15.1 Å². The van der Waals surface area contributed by atoms with Gasteiger partial charge in [-0.25, -0.2) is 0 Å². The predicted molar refractivity (Wildman–Crippen MR) is 87.2 cm³/mol. The van der Waals surface area contributed by atoms with E-state index in [1.165, 1.54) is 6.07 Å². The molecule has 0 saturated heterocycles. The topological polar surface area (TPSA) is 58.2 Å². The van der Waals surface area contributed by atoms with Crippen LogP contribution in [0.25, 0.3) is 0 Å². The molecular formula is C15H11Cl3N2O2. The van der Waals surface area contributed by atoms with Crippen molar-refractivity contribution >= 4 is 46.6 Å². The molecule has 0 spiro atoms. The van der Waals surface area contributed by atoms with Gasteiger partial charge in [0, 0.05) is 10.6 Å². The standard InChI is InChI=1S/C15H11Cl3N2O2/c16-11-3-1-2-10(8-11)15(22)20-19-14(21)7-9-4-5-12(17)13(18)6-9/h1-6,8H,7H2,(H,19,21)(H,20,22). The van der Waals surface area contributed by atoms with Gasteiger partial charge in [0.15, 0.2) is 0 Å². The summed E-state index contributed by atoms with van der Waals surface area (Å²) in [6, 6.07) is 11.3. The SMILES string of the molecule is O=C(Cc1ccc(Cl)c(Cl)c1)NNC(=O)c1cccc(Cl)c1. The summed E-state index contributed by atoms with van der Waals surface area (Å²) in [6.07, 6.45) is 0.0622. The van der Waals surface area contributed by atoms with E-state index < -0.39 is 5.91 Å². The second-order valence-corrected chi connectivity index (χ2v) is 5.69. The summed E-state index contributed by atoms with van der Waals surface area (Å²) in [5.41, 5.74) is 5.67. The van der Waals surface area contributed by atoms with Crippen LogP contribution in [0.1, 0.15) is 15.9 Å². The Balaban J connectivity index is 1.90. The first-order valence-corrected chi connectivity index (χ1v) is 7.38. The Kier molecular flexibility index (Phi) is 5.66. The second-order valence-electron chi connectivity index (χ2n) is 4.44. The number of benzene rings is 2. The summed E-state index contributed by atoms with van der Waals surface area (Å²) in [6.45, 7) is 0. The summed E-state index contributed by atoms with van der Waals surface area (Å²) in [5, 5.41) is 1.23. The average molecular weight is 358 g/mol. The minimum absolute atomic E-state index is 0.0622. The minimum atomic E-state index is -0.454. The number of rotatable bonds is 3. The molecule has 2 rings (SSSR count). The highest BCUT2D eigenvalue weighted by Crippen LogP contribution is 2.22. The van der Waals surface area contributed by atoms with Gasteiger partial charge >= 0.3 is 0 Å². The first kappa shape index (κ1) is 16.6. The molecule has 0 heterocycles. The van der Waals surface area contributed by atoms with Crippen LogP contribution in [0.4, 0.5) is 0 Å². The van der Waals surface area contributed by atoms with Crippen LogP contribution in [0.5, 0.6) is 0 Å². The van der Waals surface area contributed by atoms with Crippen molar-refractivity contribution in [3.63, 3.8) is 0 Å². The molecule has 0 bridgehead atoms. The number of amides is 2. The summed E-state index contributed by atoms with van der Waals surface area (Å²) in [5.74, 6) is -0.834. The smallest absolute Gasteiger partial charge is 0.269 e. The van der Waals surface area contributed by atoms with Crippen molar-refractivity contribution in [1.29, 1.82) is 0 Å². The monoisotopic (exact) mass is 356 g/mol. The van der Waals surface area contributed by atoms with Crippen LogP contribution >= 0.6 is 34.8 Å². The van der Waals surface area contributed by atoms with Crippen LogP contribution in [-0.2, 0) is 11.2 Å². The van der Waals surface area contributed by atoms with Crippen LogP contribution in [0.3, 0.4) is 0 Å². The molecule has 2 N–H and O–H groups in total. The van der Waals surface area contributed by atoms with Crippen molar-refractivity contribution in [3.8, 4) is 0 Å². The van der Waals surface area contributed by atoms with Crippen LogP contribution in [-0.4, -0.2) is 11.8 Å². The first-order chi connectivity index (χ1) is 10.5. The molecule has 114 valence electrons. The molecule has 2 amide bonds. The number of nitrogens with one attached hydrogen (secondary N) is 2. The van der Waals surface area contributed by atoms with E-state index in [1.807, 2.05) is 0 Å². The van der Waals surface area contributed by atoms with Gasteiger partial charge in [-0.05, 0) is 35.9 Å². The molecule has 0 aliphatic heterocycles. The normalized spacial score (nSPS) is 10.1. The molecule has 0 aliphatic carbocycles. The van der Waals surface area contributed by atoms with E-state index in [1.54, 1.807) is 36.4 Å². The maximum absolute atomic E-state index is 11.8. The maximum Gasteiger partial charge on any atom is 0.269 e. The Morgan fingerprint density at radius 3 is 2.36 bits per heavy atom. The lowest BCUT2D eigenvalue weighted by Crippen LogP contribution is -2.42. The molecule has 0 saturated carbocycles. The Morgan fingerprint density at radius 1 is 0.909 bits per heavy atom. The zero-order valence-electron chi connectivity index (χ0n) is 11.2. The predicted octanol–water partition coefficient (Wildman–Crippen LogP) is 3.65. The number of hydrogen-bond donors (Lipinski definition) is 2. The van der Waals surface area contributed by atoms with Crippen molar-refractivity contribution in [1.82, 2.24) is 10.9 Å². The summed E-state index contributed by atoms with van der Waals surface area (Å²) >= 11 is 17.5. The third-order valence-electron chi connectivity index (χ3n) is 2.75. The number of carbonyl (C=O) groups excluding carboxylic acids is 2. The quantitative estimate of drug-likeness (QED) is 0.824. The molecule has 7 heteroatoms. The van der Waals surface area contributed by atoms with Gasteiger partial charge in [0.25, 0.3) is 5.91 Å². The third-order valence-corrected chi connectivity index (χ3v) is 3.73. The Labute approximate surface area is 142 Å². The minimum Gasteiger partial charge on any atom is -0.273 e. The number of hydrazine groups is 1. The van der Waals surface area contributed by atoms with E-state index in [0.29, 0.717) is 26.2 Å². The van der Waals surface area contributed by atoms with Gasteiger partial charge in [0.1, 0.15) is 0 Å². The van der Waals surface area contributed by atoms with E-state index in [-0.39, 0.29) is 12.3 Å². The number of halogens is 3. The number of carbonyl (C=O) groups is 2. The molecule has 2 aromatic rings. The van der Waals surface area contributed by atoms with E-state index in [0.717, 1.165) is 0 Å². The fraction of sp³-hybridized carbons (Fsp3) is 0.0667. The van der Waals surface area contributed by atoms with E-state index in [4.69, 9.17) is 34.8 Å². The van der Waals surface area contributed by atoms with Gasteiger partial charge in [-0.2, -0.15) is 0 Å². The van der Waals surface area contributed by atoms with Gasteiger partial charge in [-0.1, -0.05) is 46.9 Å². The highest BCUT2D eigenvalue weighted by atomic mass is 35.5. The molecule has 0 aromatic heterocycles. The van der Waals surface area contributed by atoms with Crippen molar-refractivity contribution in [2.75, 3.05) is 0 Å². The van der Waals surface area contributed by atoms with E-state index in [9.17, 15) is 9.59 Å². The van der Waals surface area contributed by atoms with Gasteiger partial charge < -0.3 is 0 Å². The Morgan fingerprint density at radius 2 is 1.68 bits per heavy atom. The third kappa shape index (κ3) is 4.63. The van der Waals surface area contributed by atoms with Crippen molar-refractivity contribution in [2.24, 2.45) is 0 Å². The molecule has 2 aromatic carbocycles. The maximum atomic E-state index is 11.8. The summed E-state index contributed by atoms with van der Waals surface area (Å²) < 4.78 is 0. The molecule has 0 atom stereocenters. The highest BCUT2D eigenvalue weighted by Gasteiger charge is 2.09. The van der Waals surface area contributed by atoms with Crippen molar-refractivity contribution in [3.05, 3.63) is 68.7 Å². The highest BCUT2D eigenvalue weighted by molar-refractivity contribution is 6.42. The van der Waals surface area contributed by atoms with Gasteiger partial charge in [0.05, 0.1) is 16.5 Å². The number of hydrogen-bond acceptors (Lipinski definition) is 2. The van der Waals surface area contributed by atoms with Crippen molar-refractivity contribution in [2.45, 2.75) is 6.42 Å². The van der Waals surface area contributed by atoms with Crippen molar-refractivity contribution < 1.29 is 9.59 Å². The largest absolute Gasteiger partial charge is 0.273 e.